The third-order valence-electron chi connectivity index (χ3n) is 7.45. The van der Waals surface area contributed by atoms with Crippen LogP contribution in [0.5, 0.6) is 0 Å². The molecular weight excluding hydrogens is 488 g/mol. The molecule has 1 unspecified atom stereocenters. The van der Waals surface area contributed by atoms with Gasteiger partial charge in [-0.2, -0.15) is 4.98 Å². The summed E-state index contributed by atoms with van der Waals surface area (Å²) < 4.78 is 7.68. The number of nitrogens with one attached hydrogen (secondary N) is 1. The largest absolute Gasteiger partial charge is 0.352 e. The van der Waals surface area contributed by atoms with E-state index in [0.717, 1.165) is 42.9 Å². The van der Waals surface area contributed by atoms with E-state index in [2.05, 4.69) is 81.0 Å². The van der Waals surface area contributed by atoms with E-state index < -0.39 is 0 Å². The van der Waals surface area contributed by atoms with Crippen molar-refractivity contribution in [2.24, 2.45) is 5.92 Å². The Morgan fingerprint density at radius 3 is 2.64 bits per heavy atom. The van der Waals surface area contributed by atoms with Crippen LogP contribution in [0, 0.1) is 12.8 Å². The molecule has 8 nitrogen and oxygen atoms in total. The van der Waals surface area contributed by atoms with Crippen LogP contribution in [-0.4, -0.2) is 43.6 Å². The van der Waals surface area contributed by atoms with Crippen LogP contribution in [0.25, 0.3) is 11.4 Å². The van der Waals surface area contributed by atoms with E-state index in [1.165, 1.54) is 11.1 Å². The van der Waals surface area contributed by atoms with Gasteiger partial charge in [0.15, 0.2) is 0 Å². The van der Waals surface area contributed by atoms with Crippen LogP contribution in [0.3, 0.4) is 0 Å². The van der Waals surface area contributed by atoms with Crippen molar-refractivity contribution in [1.82, 2.24) is 29.9 Å². The van der Waals surface area contributed by atoms with Crippen molar-refractivity contribution in [3.05, 3.63) is 89.3 Å². The van der Waals surface area contributed by atoms with Gasteiger partial charge in [0, 0.05) is 37.6 Å². The molecule has 1 fully saturated rings. The first-order valence-corrected chi connectivity index (χ1v) is 13.7. The summed E-state index contributed by atoms with van der Waals surface area (Å²) in [6, 6.07) is 16.7. The van der Waals surface area contributed by atoms with Gasteiger partial charge in [-0.05, 0) is 48.4 Å². The molecule has 0 saturated carbocycles. The zero-order valence-electron chi connectivity index (χ0n) is 23.4. The molecular formula is C31H38N6O2. The summed E-state index contributed by atoms with van der Waals surface area (Å²) in [7, 11) is 0. The first-order chi connectivity index (χ1) is 18.7. The fraction of sp³-hybridized carbons (Fsp3) is 0.419. The Labute approximate surface area is 230 Å². The lowest BCUT2D eigenvalue weighted by Gasteiger charge is -2.30. The van der Waals surface area contributed by atoms with Crippen molar-refractivity contribution in [2.75, 3.05) is 13.1 Å². The van der Waals surface area contributed by atoms with Gasteiger partial charge in [-0.15, -0.1) is 0 Å². The Bertz CT molecular complexity index is 1400. The molecule has 1 aliphatic heterocycles. The molecule has 1 N–H and O–H groups in total. The van der Waals surface area contributed by atoms with Gasteiger partial charge in [-0.1, -0.05) is 74.5 Å². The van der Waals surface area contributed by atoms with Crippen LogP contribution in [-0.2, 0) is 29.8 Å². The number of amides is 1. The van der Waals surface area contributed by atoms with E-state index >= 15 is 0 Å². The second-order valence-electron chi connectivity index (χ2n) is 11.6. The van der Waals surface area contributed by atoms with Gasteiger partial charge in [-0.3, -0.25) is 9.69 Å². The van der Waals surface area contributed by atoms with Crippen molar-refractivity contribution in [3.63, 3.8) is 0 Å². The number of benzene rings is 2. The molecule has 1 atom stereocenters. The van der Waals surface area contributed by atoms with Crippen molar-refractivity contribution >= 4 is 5.91 Å². The van der Waals surface area contributed by atoms with E-state index in [4.69, 9.17) is 4.52 Å². The zero-order valence-corrected chi connectivity index (χ0v) is 23.4. The third kappa shape index (κ3) is 6.81. The molecule has 2 aromatic carbocycles. The molecule has 0 spiro atoms. The second kappa shape index (κ2) is 11.5. The molecule has 0 radical (unpaired) electrons. The van der Waals surface area contributed by atoms with Gasteiger partial charge in [0.1, 0.15) is 5.82 Å². The van der Waals surface area contributed by atoms with E-state index in [9.17, 15) is 4.79 Å². The first-order valence-electron chi connectivity index (χ1n) is 13.7. The molecule has 1 aliphatic rings. The number of imidazole rings is 1. The number of carbonyl (C=O) groups is 1. The minimum absolute atomic E-state index is 0.0529. The van der Waals surface area contributed by atoms with Gasteiger partial charge in [-0.25, -0.2) is 4.98 Å². The molecule has 1 amide bonds. The van der Waals surface area contributed by atoms with Crippen LogP contribution in [0.15, 0.2) is 65.4 Å². The average Bonchev–Trinajstić information content (AvgIpc) is 3.56. The highest BCUT2D eigenvalue weighted by molar-refractivity contribution is 5.79. The summed E-state index contributed by atoms with van der Waals surface area (Å²) in [6.45, 7) is 12.0. The fourth-order valence-corrected chi connectivity index (χ4v) is 5.10. The highest BCUT2D eigenvalue weighted by atomic mass is 16.5. The normalized spacial score (nSPS) is 16.4. The number of rotatable bonds is 8. The zero-order chi connectivity index (χ0) is 27.4. The van der Waals surface area contributed by atoms with Gasteiger partial charge in [0.05, 0.1) is 12.5 Å². The molecule has 2 aromatic heterocycles. The molecule has 5 rings (SSSR count). The average molecular weight is 527 g/mol. The summed E-state index contributed by atoms with van der Waals surface area (Å²) in [4.78, 5) is 24.2. The predicted octanol–water partition coefficient (Wildman–Crippen LogP) is 5.12. The van der Waals surface area contributed by atoms with E-state index in [0.29, 0.717) is 31.3 Å². The smallest absolute Gasteiger partial charge is 0.241 e. The number of likely N-dealkylation sites (tertiary alicyclic amines) is 1. The molecule has 0 bridgehead atoms. The van der Waals surface area contributed by atoms with Crippen LogP contribution >= 0.6 is 0 Å². The standard InChI is InChI=1S/C31H38N6O2/c1-22-32-14-16-37(22)19-24-8-5-7-23(17-24)18-33-30(38)26-9-6-15-36(20-26)21-28-34-29(35-39-28)25-10-12-27(13-11-25)31(2,3)4/h5,7-8,10-14,16-17,26H,6,9,15,18-21H2,1-4H3,(H,33,38). The van der Waals surface area contributed by atoms with Gasteiger partial charge in [0.25, 0.3) is 0 Å². The van der Waals surface area contributed by atoms with Crippen molar-refractivity contribution in [2.45, 2.75) is 65.6 Å². The molecule has 0 aliphatic carbocycles. The lowest BCUT2D eigenvalue weighted by Crippen LogP contribution is -2.42. The minimum atomic E-state index is -0.0529. The maximum atomic E-state index is 13.0. The Hall–Kier alpha value is -3.78. The maximum Gasteiger partial charge on any atom is 0.241 e. The van der Waals surface area contributed by atoms with E-state index in [-0.39, 0.29) is 17.2 Å². The molecule has 3 heterocycles. The number of carbonyl (C=O) groups excluding carboxylic acids is 1. The number of nitrogens with zero attached hydrogens (tertiary/aromatic N) is 5. The van der Waals surface area contributed by atoms with Crippen molar-refractivity contribution in [3.8, 4) is 11.4 Å². The van der Waals surface area contributed by atoms with Crippen LogP contribution in [0.2, 0.25) is 0 Å². The summed E-state index contributed by atoms with van der Waals surface area (Å²) >= 11 is 0. The third-order valence-corrected chi connectivity index (χ3v) is 7.45. The van der Waals surface area contributed by atoms with Gasteiger partial charge < -0.3 is 14.4 Å². The molecule has 8 heteroatoms. The summed E-state index contributed by atoms with van der Waals surface area (Å²) in [6.07, 6.45) is 5.65. The molecule has 1 saturated heterocycles. The maximum absolute atomic E-state index is 13.0. The van der Waals surface area contributed by atoms with E-state index in [1.807, 2.05) is 37.5 Å². The molecule has 39 heavy (non-hydrogen) atoms. The van der Waals surface area contributed by atoms with Crippen molar-refractivity contribution < 1.29 is 9.32 Å². The van der Waals surface area contributed by atoms with Gasteiger partial charge in [0.2, 0.25) is 17.6 Å². The molecule has 204 valence electrons. The number of aromatic nitrogens is 4. The lowest BCUT2D eigenvalue weighted by molar-refractivity contribution is -0.127. The van der Waals surface area contributed by atoms with Crippen LogP contribution in [0.4, 0.5) is 0 Å². The first kappa shape index (κ1) is 26.8. The predicted molar refractivity (Wildman–Crippen MR) is 151 cm³/mol. The second-order valence-corrected chi connectivity index (χ2v) is 11.6. The van der Waals surface area contributed by atoms with Gasteiger partial charge >= 0.3 is 0 Å². The van der Waals surface area contributed by atoms with Crippen LogP contribution in [0.1, 0.15) is 62.0 Å². The fourth-order valence-electron chi connectivity index (χ4n) is 5.10. The summed E-state index contributed by atoms with van der Waals surface area (Å²) in [5, 5.41) is 7.35. The summed E-state index contributed by atoms with van der Waals surface area (Å²) in [5.41, 5.74) is 4.60. The SMILES string of the molecule is Cc1nccn1Cc1cccc(CNC(=O)C2CCCN(Cc3nc(-c4ccc(C(C)(C)C)cc4)no3)C2)c1. The number of hydrogen-bond donors (Lipinski definition) is 1. The Morgan fingerprint density at radius 1 is 1.10 bits per heavy atom. The summed E-state index contributed by atoms with van der Waals surface area (Å²) in [5.74, 6) is 2.21. The van der Waals surface area contributed by atoms with Crippen LogP contribution < -0.4 is 5.32 Å². The van der Waals surface area contributed by atoms with Crippen molar-refractivity contribution in [1.29, 1.82) is 0 Å². The quantitative estimate of drug-likeness (QED) is 0.343. The Balaban J connectivity index is 1.13. The highest BCUT2D eigenvalue weighted by Crippen LogP contribution is 2.25. The lowest BCUT2D eigenvalue weighted by atomic mass is 9.87. The number of aryl methyl sites for hydroxylation is 1. The topological polar surface area (TPSA) is 89.1 Å². The Kier molecular flexibility index (Phi) is 7.93. The Morgan fingerprint density at radius 2 is 1.90 bits per heavy atom. The number of piperidine rings is 1. The minimum Gasteiger partial charge on any atom is -0.352 e. The highest BCUT2D eigenvalue weighted by Gasteiger charge is 2.27. The monoisotopic (exact) mass is 526 g/mol. The van der Waals surface area contributed by atoms with E-state index in [1.54, 1.807) is 0 Å². The number of hydrogen-bond acceptors (Lipinski definition) is 6. The molecule has 4 aromatic rings.